The second-order valence-electron chi connectivity index (χ2n) is 5.28. The third-order valence-electron chi connectivity index (χ3n) is 3.93. The molecule has 0 saturated heterocycles. The van der Waals surface area contributed by atoms with Crippen molar-refractivity contribution in [1.82, 2.24) is 5.32 Å². The number of nitrogens with one attached hydrogen (secondary N) is 1. The third kappa shape index (κ3) is 5.00. The summed E-state index contributed by atoms with van der Waals surface area (Å²) in [4.78, 5) is 12.3. The van der Waals surface area contributed by atoms with Crippen molar-refractivity contribution >= 4 is 21.8 Å². The molecule has 1 amide bonds. The lowest BCUT2D eigenvalue weighted by Gasteiger charge is -2.29. The van der Waals surface area contributed by atoms with Crippen molar-refractivity contribution in [3.8, 4) is 5.75 Å². The van der Waals surface area contributed by atoms with Crippen LogP contribution in [0.25, 0.3) is 0 Å². The zero-order valence-corrected chi connectivity index (χ0v) is 14.6. The maximum atomic E-state index is 12.3. The average molecular weight is 357 g/mol. The van der Waals surface area contributed by atoms with Gasteiger partial charge in [-0.15, -0.1) is 0 Å². The second-order valence-corrected chi connectivity index (χ2v) is 6.20. The van der Waals surface area contributed by atoms with Crippen LogP contribution >= 0.6 is 15.9 Å². The number of carbonyl (C=O) groups is 1. The molecule has 0 saturated carbocycles. The van der Waals surface area contributed by atoms with Gasteiger partial charge < -0.3 is 15.8 Å². The molecule has 4 nitrogen and oxygen atoms in total. The van der Waals surface area contributed by atoms with E-state index in [1.54, 1.807) is 0 Å². The van der Waals surface area contributed by atoms with E-state index in [0.29, 0.717) is 13.1 Å². The molecule has 3 N–H and O–H groups in total. The minimum atomic E-state index is -0.461. The highest BCUT2D eigenvalue weighted by Gasteiger charge is 2.33. The molecule has 5 heteroatoms. The fraction of sp³-hybridized carbons (Fsp3) is 0.562. The molecule has 0 aliphatic heterocycles. The predicted molar refractivity (Wildman–Crippen MR) is 89.3 cm³/mol. The normalized spacial score (nSPS) is 12.8. The van der Waals surface area contributed by atoms with E-state index in [-0.39, 0.29) is 12.0 Å². The fourth-order valence-electron chi connectivity index (χ4n) is 2.16. The standard InChI is InChI=1S/C16H25BrN2O2/c1-4-16(5-2,11-18)15(20)19-10-12(3)21-14-8-6-13(17)7-9-14/h6-9,12H,4-5,10-11,18H2,1-3H3,(H,19,20). The van der Waals surface area contributed by atoms with Crippen LogP contribution in [0.2, 0.25) is 0 Å². The number of hydrogen-bond donors (Lipinski definition) is 2. The number of rotatable bonds is 8. The van der Waals surface area contributed by atoms with Crippen molar-refractivity contribution in [1.29, 1.82) is 0 Å². The van der Waals surface area contributed by atoms with Crippen LogP contribution < -0.4 is 15.8 Å². The smallest absolute Gasteiger partial charge is 0.227 e. The molecule has 0 bridgehead atoms. The zero-order valence-electron chi connectivity index (χ0n) is 13.0. The molecule has 0 fully saturated rings. The number of amides is 1. The molecule has 118 valence electrons. The van der Waals surface area contributed by atoms with Crippen LogP contribution in [0.3, 0.4) is 0 Å². The summed E-state index contributed by atoms with van der Waals surface area (Å²) >= 11 is 3.38. The predicted octanol–water partition coefficient (Wildman–Crippen LogP) is 3.10. The van der Waals surface area contributed by atoms with Crippen molar-refractivity contribution in [2.75, 3.05) is 13.1 Å². The summed E-state index contributed by atoms with van der Waals surface area (Å²) in [5.41, 5.74) is 5.32. The van der Waals surface area contributed by atoms with Crippen molar-refractivity contribution in [2.24, 2.45) is 11.1 Å². The summed E-state index contributed by atoms with van der Waals surface area (Å²) in [6.45, 7) is 6.77. The van der Waals surface area contributed by atoms with Gasteiger partial charge in [-0.2, -0.15) is 0 Å². The summed E-state index contributed by atoms with van der Waals surface area (Å²) in [7, 11) is 0. The molecule has 0 aliphatic carbocycles. The molecule has 0 aliphatic rings. The van der Waals surface area contributed by atoms with E-state index in [1.165, 1.54) is 0 Å². The van der Waals surface area contributed by atoms with Gasteiger partial charge in [0.05, 0.1) is 12.0 Å². The van der Waals surface area contributed by atoms with E-state index in [9.17, 15) is 4.79 Å². The molecule has 1 aromatic rings. The third-order valence-corrected chi connectivity index (χ3v) is 4.46. The Morgan fingerprint density at radius 1 is 1.33 bits per heavy atom. The fourth-order valence-corrected chi connectivity index (χ4v) is 2.43. The maximum absolute atomic E-state index is 12.3. The van der Waals surface area contributed by atoms with Crippen molar-refractivity contribution in [3.05, 3.63) is 28.7 Å². The minimum absolute atomic E-state index is 0.0151. The number of benzene rings is 1. The number of hydrogen-bond acceptors (Lipinski definition) is 3. The lowest BCUT2D eigenvalue weighted by molar-refractivity contribution is -0.131. The topological polar surface area (TPSA) is 64.4 Å². The van der Waals surface area contributed by atoms with Crippen molar-refractivity contribution < 1.29 is 9.53 Å². The lowest BCUT2D eigenvalue weighted by Crippen LogP contribution is -2.47. The summed E-state index contributed by atoms with van der Waals surface area (Å²) in [6.07, 6.45) is 1.39. The number of ether oxygens (including phenoxy) is 1. The molecule has 1 aromatic carbocycles. The van der Waals surface area contributed by atoms with Gasteiger partial charge in [0.25, 0.3) is 0 Å². The summed E-state index contributed by atoms with van der Waals surface area (Å²) < 4.78 is 6.78. The van der Waals surface area contributed by atoms with Crippen LogP contribution in [-0.2, 0) is 4.79 Å². The Hall–Kier alpha value is -1.07. The summed E-state index contributed by atoms with van der Waals surface area (Å²) in [5.74, 6) is 0.803. The van der Waals surface area contributed by atoms with E-state index in [4.69, 9.17) is 10.5 Å². The first-order valence-electron chi connectivity index (χ1n) is 7.38. The molecule has 0 aromatic heterocycles. The largest absolute Gasteiger partial charge is 0.489 e. The van der Waals surface area contributed by atoms with E-state index in [2.05, 4.69) is 21.2 Å². The van der Waals surface area contributed by atoms with Gasteiger partial charge in [-0.3, -0.25) is 4.79 Å². The van der Waals surface area contributed by atoms with Crippen LogP contribution in [0.15, 0.2) is 28.7 Å². The Kier molecular flexibility index (Phi) is 7.18. The molecular formula is C16H25BrN2O2. The molecule has 1 unspecified atom stereocenters. The van der Waals surface area contributed by atoms with E-state index in [0.717, 1.165) is 23.1 Å². The van der Waals surface area contributed by atoms with Gasteiger partial charge >= 0.3 is 0 Å². The molecule has 1 rings (SSSR count). The highest BCUT2D eigenvalue weighted by atomic mass is 79.9. The van der Waals surface area contributed by atoms with Crippen LogP contribution in [0.4, 0.5) is 0 Å². The Morgan fingerprint density at radius 3 is 2.38 bits per heavy atom. The first kappa shape index (κ1) is 18.0. The molecule has 0 spiro atoms. The summed E-state index contributed by atoms with van der Waals surface area (Å²) in [5, 5.41) is 2.95. The first-order valence-corrected chi connectivity index (χ1v) is 8.17. The van der Waals surface area contributed by atoms with Crippen LogP contribution in [0.1, 0.15) is 33.6 Å². The lowest BCUT2D eigenvalue weighted by atomic mass is 9.81. The van der Waals surface area contributed by atoms with E-state index >= 15 is 0 Å². The van der Waals surface area contributed by atoms with E-state index in [1.807, 2.05) is 45.0 Å². The van der Waals surface area contributed by atoms with Crippen molar-refractivity contribution in [3.63, 3.8) is 0 Å². The molecule has 0 heterocycles. The van der Waals surface area contributed by atoms with Gasteiger partial charge in [0.2, 0.25) is 5.91 Å². The number of carbonyl (C=O) groups excluding carboxylic acids is 1. The van der Waals surface area contributed by atoms with Gasteiger partial charge in [-0.1, -0.05) is 29.8 Å². The highest BCUT2D eigenvalue weighted by molar-refractivity contribution is 9.10. The van der Waals surface area contributed by atoms with E-state index < -0.39 is 5.41 Å². The van der Waals surface area contributed by atoms with Gasteiger partial charge in [0, 0.05) is 11.0 Å². The summed E-state index contributed by atoms with van der Waals surface area (Å²) in [6, 6.07) is 7.64. The quantitative estimate of drug-likeness (QED) is 0.752. The Bertz CT molecular complexity index is 436. The van der Waals surface area contributed by atoms with Gasteiger partial charge in [-0.25, -0.2) is 0 Å². The van der Waals surface area contributed by atoms with Crippen molar-refractivity contribution in [2.45, 2.75) is 39.7 Å². The monoisotopic (exact) mass is 356 g/mol. The minimum Gasteiger partial charge on any atom is -0.489 e. The first-order chi connectivity index (χ1) is 9.97. The van der Waals surface area contributed by atoms with Crippen LogP contribution in [0.5, 0.6) is 5.75 Å². The van der Waals surface area contributed by atoms with Gasteiger partial charge in [0.1, 0.15) is 11.9 Å². The average Bonchev–Trinajstić information content (AvgIpc) is 2.50. The highest BCUT2D eigenvalue weighted by Crippen LogP contribution is 2.25. The Balaban J connectivity index is 2.50. The van der Waals surface area contributed by atoms with Crippen LogP contribution in [-0.4, -0.2) is 25.1 Å². The van der Waals surface area contributed by atoms with Gasteiger partial charge in [0.15, 0.2) is 0 Å². The zero-order chi connectivity index (χ0) is 15.9. The van der Waals surface area contributed by atoms with Gasteiger partial charge in [-0.05, 0) is 44.0 Å². The number of halogens is 1. The SMILES string of the molecule is CCC(CC)(CN)C(=O)NCC(C)Oc1ccc(Br)cc1. The Morgan fingerprint density at radius 2 is 1.90 bits per heavy atom. The number of nitrogens with two attached hydrogens (primary N) is 1. The maximum Gasteiger partial charge on any atom is 0.227 e. The Labute approximate surface area is 135 Å². The molecule has 1 atom stereocenters. The molecule has 0 radical (unpaired) electrons. The van der Waals surface area contributed by atoms with Crippen LogP contribution in [0, 0.1) is 5.41 Å². The molecular weight excluding hydrogens is 332 g/mol. The second kappa shape index (κ2) is 8.39. The molecule has 21 heavy (non-hydrogen) atoms.